The van der Waals surface area contributed by atoms with E-state index < -0.39 is 17.7 Å². The molecule has 1 rings (SSSR count). The van der Waals surface area contributed by atoms with Crippen molar-refractivity contribution in [1.29, 1.82) is 0 Å². The first-order valence-electron chi connectivity index (χ1n) is 6.72. The molecule has 0 aliphatic rings. The number of alkyl carbamates (subject to hydrolysis) is 1. The van der Waals surface area contributed by atoms with E-state index in [-0.39, 0.29) is 18.2 Å². The number of benzene rings is 1. The quantitative estimate of drug-likeness (QED) is 0.791. The molecule has 0 heterocycles. The van der Waals surface area contributed by atoms with Crippen LogP contribution in [-0.4, -0.2) is 28.7 Å². The van der Waals surface area contributed by atoms with Crippen molar-refractivity contribution in [2.75, 3.05) is 0 Å². The van der Waals surface area contributed by atoms with Gasteiger partial charge in [-0.15, -0.1) is 0 Å². The Bertz CT molecular complexity index is 509. The number of hydrogen-bond acceptors (Lipinski definition) is 4. The molecule has 0 radical (unpaired) electrons. The van der Waals surface area contributed by atoms with Crippen molar-refractivity contribution in [3.05, 3.63) is 29.8 Å². The van der Waals surface area contributed by atoms with Crippen LogP contribution >= 0.6 is 0 Å². The van der Waals surface area contributed by atoms with E-state index >= 15 is 0 Å². The first-order chi connectivity index (χ1) is 9.67. The number of amides is 2. The lowest BCUT2D eigenvalue weighted by molar-refractivity contribution is -0.122. The molecule has 0 aliphatic heterocycles. The zero-order chi connectivity index (χ0) is 16.0. The predicted octanol–water partition coefficient (Wildman–Crippen LogP) is 1.92. The van der Waals surface area contributed by atoms with Gasteiger partial charge in [0.1, 0.15) is 17.4 Å². The van der Waals surface area contributed by atoms with E-state index in [0.29, 0.717) is 0 Å². The summed E-state index contributed by atoms with van der Waals surface area (Å²) in [5, 5.41) is 14.5. The Morgan fingerprint density at radius 2 is 2.00 bits per heavy atom. The van der Waals surface area contributed by atoms with Crippen LogP contribution in [0.2, 0.25) is 0 Å². The summed E-state index contributed by atoms with van der Waals surface area (Å²) in [4.78, 5) is 23.4. The molecule has 1 aromatic rings. The Hall–Kier alpha value is -2.24. The minimum Gasteiger partial charge on any atom is -0.508 e. The van der Waals surface area contributed by atoms with E-state index in [1.165, 1.54) is 0 Å². The van der Waals surface area contributed by atoms with Gasteiger partial charge in [-0.05, 0) is 45.4 Å². The lowest BCUT2D eigenvalue weighted by Crippen LogP contribution is -2.46. The van der Waals surface area contributed by atoms with Gasteiger partial charge >= 0.3 is 6.09 Å². The van der Waals surface area contributed by atoms with E-state index in [1.807, 2.05) is 0 Å². The summed E-state index contributed by atoms with van der Waals surface area (Å²) in [7, 11) is 0. The number of carbonyl (C=O) groups excluding carboxylic acids is 2. The summed E-state index contributed by atoms with van der Waals surface area (Å²) >= 11 is 0. The second-order valence-corrected chi connectivity index (χ2v) is 5.76. The molecule has 21 heavy (non-hydrogen) atoms. The lowest BCUT2D eigenvalue weighted by Gasteiger charge is -2.21. The van der Waals surface area contributed by atoms with Crippen LogP contribution in [0.25, 0.3) is 0 Å². The van der Waals surface area contributed by atoms with Gasteiger partial charge in [-0.2, -0.15) is 0 Å². The third kappa shape index (κ3) is 6.65. The molecule has 0 fully saturated rings. The highest BCUT2D eigenvalue weighted by Crippen LogP contribution is 2.10. The molecule has 6 heteroatoms. The number of hydrogen-bond donors (Lipinski definition) is 3. The van der Waals surface area contributed by atoms with E-state index in [9.17, 15) is 14.7 Å². The molecule has 6 nitrogen and oxygen atoms in total. The molecule has 2 amide bonds. The molecule has 1 atom stereocenters. The number of phenols is 1. The Kier molecular flexibility index (Phi) is 5.58. The number of aromatic hydroxyl groups is 1. The highest BCUT2D eigenvalue weighted by atomic mass is 16.6. The molecule has 1 aromatic carbocycles. The molecule has 116 valence electrons. The standard InChI is InChI=1S/C15H22N2O4/c1-10(17-14(20)21-15(2,3)4)13(19)16-9-11-6-5-7-12(18)8-11/h5-8,10,18H,9H2,1-4H3,(H,16,19)(H,17,20)/t10-/m0/s1. The number of phenolic OH excluding ortho intramolecular Hbond substituents is 1. The Balaban J connectivity index is 2.43. The van der Waals surface area contributed by atoms with Crippen LogP contribution in [0.3, 0.4) is 0 Å². The van der Waals surface area contributed by atoms with Gasteiger partial charge in [-0.3, -0.25) is 4.79 Å². The minimum atomic E-state index is -0.711. The summed E-state index contributed by atoms with van der Waals surface area (Å²) in [6.07, 6.45) is -0.637. The molecule has 0 unspecified atom stereocenters. The molecule has 0 bridgehead atoms. The number of ether oxygens (including phenoxy) is 1. The monoisotopic (exact) mass is 294 g/mol. The summed E-state index contributed by atoms with van der Waals surface area (Å²) in [5.41, 5.74) is 0.162. The Morgan fingerprint density at radius 1 is 1.33 bits per heavy atom. The van der Waals surface area contributed by atoms with Gasteiger partial charge < -0.3 is 20.5 Å². The predicted molar refractivity (Wildman–Crippen MR) is 78.8 cm³/mol. The van der Waals surface area contributed by atoms with Crippen molar-refractivity contribution in [3.63, 3.8) is 0 Å². The van der Waals surface area contributed by atoms with Crippen molar-refractivity contribution in [2.45, 2.75) is 45.9 Å². The largest absolute Gasteiger partial charge is 0.508 e. The molecule has 0 aliphatic carbocycles. The van der Waals surface area contributed by atoms with Gasteiger partial charge in [0.05, 0.1) is 0 Å². The van der Waals surface area contributed by atoms with Crippen LogP contribution in [-0.2, 0) is 16.1 Å². The average Bonchev–Trinajstić information content (AvgIpc) is 2.33. The van der Waals surface area contributed by atoms with Gasteiger partial charge in [0.15, 0.2) is 0 Å². The van der Waals surface area contributed by atoms with Crippen molar-refractivity contribution < 1.29 is 19.4 Å². The van der Waals surface area contributed by atoms with Crippen LogP contribution in [0, 0.1) is 0 Å². The van der Waals surface area contributed by atoms with Crippen molar-refractivity contribution in [3.8, 4) is 5.75 Å². The number of nitrogens with one attached hydrogen (secondary N) is 2. The van der Waals surface area contributed by atoms with Crippen LogP contribution in [0.1, 0.15) is 33.3 Å². The smallest absolute Gasteiger partial charge is 0.408 e. The second-order valence-electron chi connectivity index (χ2n) is 5.76. The second kappa shape index (κ2) is 6.97. The number of rotatable bonds is 4. The third-order valence-corrected chi connectivity index (χ3v) is 2.50. The van der Waals surface area contributed by atoms with Crippen LogP contribution in [0.5, 0.6) is 5.75 Å². The molecule has 0 spiro atoms. The van der Waals surface area contributed by atoms with E-state index in [1.54, 1.807) is 52.0 Å². The Labute approximate surface area is 124 Å². The first-order valence-corrected chi connectivity index (χ1v) is 6.72. The third-order valence-electron chi connectivity index (χ3n) is 2.50. The summed E-state index contributed by atoms with van der Waals surface area (Å²) in [5.74, 6) is -0.189. The van der Waals surface area contributed by atoms with Gasteiger partial charge in [0.25, 0.3) is 0 Å². The van der Waals surface area contributed by atoms with Crippen molar-refractivity contribution in [2.24, 2.45) is 0 Å². The molecule has 0 saturated carbocycles. The average molecular weight is 294 g/mol. The summed E-state index contributed by atoms with van der Waals surface area (Å²) in [6, 6.07) is 5.88. The molecule has 0 aromatic heterocycles. The SMILES string of the molecule is C[C@H](NC(=O)OC(C)(C)C)C(=O)NCc1cccc(O)c1. The van der Waals surface area contributed by atoms with Crippen LogP contribution in [0.15, 0.2) is 24.3 Å². The van der Waals surface area contributed by atoms with E-state index in [2.05, 4.69) is 10.6 Å². The molecule has 0 saturated heterocycles. The van der Waals surface area contributed by atoms with Crippen LogP contribution < -0.4 is 10.6 Å². The normalized spacial score (nSPS) is 12.4. The zero-order valence-electron chi connectivity index (χ0n) is 12.8. The van der Waals surface area contributed by atoms with Gasteiger partial charge in [0, 0.05) is 6.54 Å². The maximum absolute atomic E-state index is 11.9. The fraction of sp³-hybridized carbons (Fsp3) is 0.467. The van der Waals surface area contributed by atoms with Crippen LogP contribution in [0.4, 0.5) is 4.79 Å². The molecule has 3 N–H and O–H groups in total. The topological polar surface area (TPSA) is 87.7 Å². The van der Waals surface area contributed by atoms with E-state index in [4.69, 9.17) is 4.74 Å². The maximum atomic E-state index is 11.9. The fourth-order valence-corrected chi connectivity index (χ4v) is 1.56. The summed E-state index contributed by atoms with van der Waals surface area (Å²) < 4.78 is 5.07. The van der Waals surface area contributed by atoms with Crippen molar-refractivity contribution >= 4 is 12.0 Å². The Morgan fingerprint density at radius 3 is 2.57 bits per heavy atom. The van der Waals surface area contributed by atoms with Gasteiger partial charge in [0.2, 0.25) is 5.91 Å². The zero-order valence-corrected chi connectivity index (χ0v) is 12.8. The van der Waals surface area contributed by atoms with Crippen molar-refractivity contribution in [1.82, 2.24) is 10.6 Å². The van der Waals surface area contributed by atoms with Gasteiger partial charge in [-0.25, -0.2) is 4.79 Å². The molecular formula is C15H22N2O4. The number of carbonyl (C=O) groups is 2. The van der Waals surface area contributed by atoms with E-state index in [0.717, 1.165) is 5.56 Å². The van der Waals surface area contributed by atoms with Gasteiger partial charge in [-0.1, -0.05) is 12.1 Å². The minimum absolute atomic E-state index is 0.140. The first kappa shape index (κ1) is 16.8. The highest BCUT2D eigenvalue weighted by molar-refractivity contribution is 5.85. The highest BCUT2D eigenvalue weighted by Gasteiger charge is 2.20. The lowest BCUT2D eigenvalue weighted by atomic mass is 10.2. The summed E-state index contributed by atoms with van der Waals surface area (Å²) in [6.45, 7) is 7.09. The maximum Gasteiger partial charge on any atom is 0.408 e. The molecular weight excluding hydrogens is 272 g/mol. The fourth-order valence-electron chi connectivity index (χ4n) is 1.56.